The zero-order chi connectivity index (χ0) is 25.7. The number of rotatable bonds is 8. The minimum absolute atomic E-state index is 0.0731. The van der Waals surface area contributed by atoms with Crippen LogP contribution in [-0.4, -0.2) is 64.0 Å². The van der Waals surface area contributed by atoms with E-state index in [4.69, 9.17) is 0 Å². The smallest absolute Gasteiger partial charge is 0.253 e. The summed E-state index contributed by atoms with van der Waals surface area (Å²) in [5.41, 5.74) is 4.37. The summed E-state index contributed by atoms with van der Waals surface area (Å²) in [6.45, 7) is 12.8. The molecule has 0 saturated carbocycles. The number of piperazine rings is 1. The van der Waals surface area contributed by atoms with Gasteiger partial charge in [0.2, 0.25) is 0 Å². The first-order valence-corrected chi connectivity index (χ1v) is 13.1. The van der Waals surface area contributed by atoms with Crippen molar-refractivity contribution in [2.24, 2.45) is 0 Å². The highest BCUT2D eigenvalue weighted by Gasteiger charge is 2.35. The Bertz CT molecular complexity index is 1130. The van der Waals surface area contributed by atoms with Crippen LogP contribution in [0.3, 0.4) is 0 Å². The van der Waals surface area contributed by atoms with Crippen molar-refractivity contribution in [3.8, 4) is 5.75 Å². The van der Waals surface area contributed by atoms with Gasteiger partial charge in [0.25, 0.3) is 5.91 Å². The van der Waals surface area contributed by atoms with Crippen molar-refractivity contribution in [2.45, 2.75) is 52.4 Å². The summed E-state index contributed by atoms with van der Waals surface area (Å²) in [6.07, 6.45) is 0. The lowest BCUT2D eigenvalue weighted by molar-refractivity contribution is 0.0195. The van der Waals surface area contributed by atoms with E-state index in [1.54, 1.807) is 12.1 Å². The van der Waals surface area contributed by atoms with Gasteiger partial charge < -0.3 is 10.0 Å². The number of carbonyl (C=O) groups is 1. The largest absolute Gasteiger partial charge is 0.508 e. The molecule has 0 bridgehead atoms. The topological polar surface area (TPSA) is 47.0 Å². The summed E-state index contributed by atoms with van der Waals surface area (Å²) in [6, 6.07) is 27.2. The predicted octanol–water partition coefficient (Wildman–Crippen LogP) is 5.56. The van der Waals surface area contributed by atoms with Gasteiger partial charge in [0, 0.05) is 50.4 Å². The van der Waals surface area contributed by atoms with Gasteiger partial charge in [-0.3, -0.25) is 14.6 Å². The number of carbonyl (C=O) groups excluding carboxylic acids is 1. The van der Waals surface area contributed by atoms with Crippen molar-refractivity contribution < 1.29 is 9.90 Å². The fraction of sp³-hybridized carbons (Fsp3) is 0.387. The van der Waals surface area contributed by atoms with Gasteiger partial charge in [0.1, 0.15) is 5.75 Å². The zero-order valence-electron chi connectivity index (χ0n) is 22.0. The Kier molecular flexibility index (Phi) is 8.44. The average molecular weight is 486 g/mol. The lowest BCUT2D eigenvalue weighted by atomic mass is 9.92. The number of hydrogen-bond acceptors (Lipinski definition) is 4. The van der Waals surface area contributed by atoms with Crippen LogP contribution in [0.15, 0.2) is 78.9 Å². The molecule has 1 N–H and O–H groups in total. The number of phenolic OH excluding ortho intramolecular Hbond substituents is 1. The SMILES string of the molecule is CCN(CC)C(=O)c1cccc([C@@H](c2ccccc2)N2C[C@@H](C)N(Cc3ccc(O)cc3)C[C@@H]2C)c1. The summed E-state index contributed by atoms with van der Waals surface area (Å²) < 4.78 is 0. The molecule has 1 saturated heterocycles. The molecule has 0 unspecified atom stereocenters. The number of aromatic hydroxyl groups is 1. The summed E-state index contributed by atoms with van der Waals surface area (Å²) in [7, 11) is 0. The molecule has 0 aliphatic carbocycles. The Balaban J connectivity index is 1.62. The first-order chi connectivity index (χ1) is 17.4. The van der Waals surface area contributed by atoms with E-state index in [9.17, 15) is 9.90 Å². The van der Waals surface area contributed by atoms with E-state index in [2.05, 4.69) is 66.1 Å². The molecular formula is C31H39N3O2. The van der Waals surface area contributed by atoms with Gasteiger partial charge >= 0.3 is 0 Å². The second kappa shape index (κ2) is 11.7. The van der Waals surface area contributed by atoms with E-state index in [1.165, 1.54) is 11.1 Å². The Morgan fingerprint density at radius 1 is 0.889 bits per heavy atom. The van der Waals surface area contributed by atoms with E-state index >= 15 is 0 Å². The molecule has 3 aromatic carbocycles. The van der Waals surface area contributed by atoms with Crippen molar-refractivity contribution in [3.05, 3.63) is 101 Å². The molecule has 5 heteroatoms. The number of hydrogen-bond donors (Lipinski definition) is 1. The van der Waals surface area contributed by atoms with E-state index in [0.29, 0.717) is 30.9 Å². The number of benzene rings is 3. The Morgan fingerprint density at radius 2 is 1.56 bits per heavy atom. The maximum absolute atomic E-state index is 13.1. The monoisotopic (exact) mass is 485 g/mol. The molecule has 1 aliphatic heterocycles. The third kappa shape index (κ3) is 5.80. The molecule has 1 fully saturated rings. The number of phenols is 1. The van der Waals surface area contributed by atoms with Crippen molar-refractivity contribution in [3.63, 3.8) is 0 Å². The standard InChI is InChI=1S/C31H39N3O2/c1-5-32(6-2)31(36)28-14-10-13-27(19-28)30(26-11-8-7-9-12-26)34-21-23(3)33(20-24(34)4)22-25-15-17-29(35)18-16-25/h7-19,23-24,30,35H,5-6,20-22H2,1-4H3/t23-,24+,30-/m1/s1. The summed E-state index contributed by atoms with van der Waals surface area (Å²) in [5.74, 6) is 0.395. The van der Waals surface area contributed by atoms with Crippen LogP contribution in [0.2, 0.25) is 0 Å². The number of nitrogens with zero attached hydrogens (tertiary/aromatic N) is 3. The van der Waals surface area contributed by atoms with Crippen molar-refractivity contribution in [1.29, 1.82) is 0 Å². The summed E-state index contributed by atoms with van der Waals surface area (Å²) >= 11 is 0. The third-order valence-electron chi connectivity index (χ3n) is 7.43. The summed E-state index contributed by atoms with van der Waals surface area (Å²) in [4.78, 5) is 20.1. The molecule has 1 heterocycles. The van der Waals surface area contributed by atoms with Crippen LogP contribution in [0, 0.1) is 0 Å². The van der Waals surface area contributed by atoms with Gasteiger partial charge in [0.05, 0.1) is 6.04 Å². The number of amides is 1. The van der Waals surface area contributed by atoms with Gasteiger partial charge in [-0.05, 0) is 68.7 Å². The van der Waals surface area contributed by atoms with Gasteiger partial charge in [-0.2, -0.15) is 0 Å². The van der Waals surface area contributed by atoms with Crippen molar-refractivity contribution >= 4 is 5.91 Å². The van der Waals surface area contributed by atoms with E-state index in [-0.39, 0.29) is 11.9 Å². The van der Waals surface area contributed by atoms with E-state index < -0.39 is 0 Å². The quantitative estimate of drug-likeness (QED) is 0.454. The fourth-order valence-corrected chi connectivity index (χ4v) is 5.39. The average Bonchev–Trinajstić information content (AvgIpc) is 2.90. The highest BCUT2D eigenvalue weighted by molar-refractivity contribution is 5.94. The van der Waals surface area contributed by atoms with Crippen molar-refractivity contribution in [2.75, 3.05) is 26.2 Å². The maximum Gasteiger partial charge on any atom is 0.253 e. The molecule has 3 atom stereocenters. The Hall–Kier alpha value is -3.15. The molecule has 190 valence electrons. The highest BCUT2D eigenvalue weighted by atomic mass is 16.3. The second-order valence-electron chi connectivity index (χ2n) is 9.91. The minimum Gasteiger partial charge on any atom is -0.508 e. The molecular weight excluding hydrogens is 446 g/mol. The molecule has 0 spiro atoms. The molecule has 0 radical (unpaired) electrons. The molecule has 4 rings (SSSR count). The van der Waals surface area contributed by atoms with Crippen LogP contribution < -0.4 is 0 Å². The van der Waals surface area contributed by atoms with Gasteiger partial charge in [-0.15, -0.1) is 0 Å². The Morgan fingerprint density at radius 3 is 2.22 bits per heavy atom. The van der Waals surface area contributed by atoms with E-state index in [0.717, 1.165) is 30.8 Å². The first-order valence-electron chi connectivity index (χ1n) is 13.1. The molecule has 36 heavy (non-hydrogen) atoms. The predicted molar refractivity (Wildman–Crippen MR) is 146 cm³/mol. The Labute approximate surface area is 216 Å². The molecule has 5 nitrogen and oxygen atoms in total. The summed E-state index contributed by atoms with van der Waals surface area (Å²) in [5, 5.41) is 9.64. The van der Waals surface area contributed by atoms with Crippen LogP contribution in [0.4, 0.5) is 0 Å². The van der Waals surface area contributed by atoms with Crippen LogP contribution in [0.25, 0.3) is 0 Å². The highest BCUT2D eigenvalue weighted by Crippen LogP contribution is 2.34. The van der Waals surface area contributed by atoms with Gasteiger partial charge in [-0.1, -0.05) is 54.6 Å². The maximum atomic E-state index is 13.1. The van der Waals surface area contributed by atoms with Gasteiger partial charge in [-0.25, -0.2) is 0 Å². The van der Waals surface area contributed by atoms with Crippen LogP contribution in [0.5, 0.6) is 5.75 Å². The molecule has 0 aromatic heterocycles. The lowest BCUT2D eigenvalue weighted by Gasteiger charge is -2.47. The first kappa shape index (κ1) is 25.9. The normalized spacial score (nSPS) is 19.7. The van der Waals surface area contributed by atoms with E-state index in [1.807, 2.05) is 43.0 Å². The van der Waals surface area contributed by atoms with Crippen LogP contribution in [-0.2, 0) is 6.54 Å². The second-order valence-corrected chi connectivity index (χ2v) is 9.91. The van der Waals surface area contributed by atoms with Gasteiger partial charge in [0.15, 0.2) is 0 Å². The fourth-order valence-electron chi connectivity index (χ4n) is 5.39. The molecule has 1 aliphatic rings. The lowest BCUT2D eigenvalue weighted by Crippen LogP contribution is -2.56. The molecule has 3 aromatic rings. The van der Waals surface area contributed by atoms with Crippen molar-refractivity contribution in [1.82, 2.24) is 14.7 Å². The molecule has 1 amide bonds. The zero-order valence-corrected chi connectivity index (χ0v) is 22.0. The van der Waals surface area contributed by atoms with Crippen LogP contribution >= 0.6 is 0 Å². The minimum atomic E-state index is 0.0731. The van der Waals surface area contributed by atoms with Crippen LogP contribution in [0.1, 0.15) is 60.8 Å². The third-order valence-corrected chi connectivity index (χ3v) is 7.43.